The Morgan fingerprint density at radius 2 is 1.66 bits per heavy atom. The maximum absolute atomic E-state index is 12.2. The first-order valence-electron chi connectivity index (χ1n) is 9.42. The molecule has 1 aliphatic carbocycles. The fourth-order valence-electron chi connectivity index (χ4n) is 2.76. The molecule has 29 heavy (non-hydrogen) atoms. The lowest BCUT2D eigenvalue weighted by Crippen LogP contribution is -2.25. The molecule has 1 atom stereocenters. The van der Waals surface area contributed by atoms with Gasteiger partial charge in [-0.25, -0.2) is 8.42 Å². The highest BCUT2D eigenvalue weighted by atomic mass is 32.2. The summed E-state index contributed by atoms with van der Waals surface area (Å²) in [6.45, 7) is 1.83. The van der Waals surface area contributed by atoms with Crippen LogP contribution >= 0.6 is 0 Å². The number of rotatable bonds is 7. The molecule has 0 bridgehead atoms. The number of amides is 2. The second-order valence-electron chi connectivity index (χ2n) is 7.27. The SMILES string of the molecule is CC(NC(=O)/C=C/c1ccc(C(=O)NC2CC2)cc1)c1ccc(S(C)(=O)=O)cc1. The molecule has 7 heteroatoms. The Balaban J connectivity index is 1.55. The van der Waals surface area contributed by atoms with Crippen molar-refractivity contribution in [2.75, 3.05) is 6.26 Å². The lowest BCUT2D eigenvalue weighted by molar-refractivity contribution is -0.117. The second-order valence-corrected chi connectivity index (χ2v) is 9.29. The van der Waals surface area contributed by atoms with E-state index in [1.807, 2.05) is 6.92 Å². The number of carbonyl (C=O) groups excluding carboxylic acids is 2. The van der Waals surface area contributed by atoms with E-state index in [0.29, 0.717) is 11.6 Å². The van der Waals surface area contributed by atoms with Crippen molar-refractivity contribution >= 4 is 27.7 Å². The summed E-state index contributed by atoms with van der Waals surface area (Å²) in [4.78, 5) is 24.4. The largest absolute Gasteiger partial charge is 0.349 e. The van der Waals surface area contributed by atoms with E-state index in [1.165, 1.54) is 18.2 Å². The smallest absolute Gasteiger partial charge is 0.251 e. The van der Waals surface area contributed by atoms with Crippen molar-refractivity contribution in [3.05, 3.63) is 71.3 Å². The third kappa shape index (κ3) is 6.02. The van der Waals surface area contributed by atoms with Gasteiger partial charge >= 0.3 is 0 Å². The van der Waals surface area contributed by atoms with Gasteiger partial charge in [-0.3, -0.25) is 9.59 Å². The summed E-state index contributed by atoms with van der Waals surface area (Å²) in [5, 5.41) is 5.78. The Morgan fingerprint density at radius 3 is 2.21 bits per heavy atom. The molecule has 2 amide bonds. The molecule has 0 aliphatic heterocycles. The summed E-state index contributed by atoms with van der Waals surface area (Å²) in [6, 6.07) is 13.5. The van der Waals surface area contributed by atoms with E-state index in [4.69, 9.17) is 0 Å². The van der Waals surface area contributed by atoms with Gasteiger partial charge in [0.1, 0.15) is 0 Å². The Kier molecular flexibility index (Phi) is 6.17. The van der Waals surface area contributed by atoms with E-state index in [0.717, 1.165) is 30.2 Å². The molecule has 0 radical (unpaired) electrons. The maximum Gasteiger partial charge on any atom is 0.251 e. The van der Waals surface area contributed by atoms with Crippen LogP contribution in [0.2, 0.25) is 0 Å². The minimum Gasteiger partial charge on any atom is -0.349 e. The minimum absolute atomic E-state index is 0.0727. The van der Waals surface area contributed by atoms with Gasteiger partial charge in [0, 0.05) is 23.9 Å². The van der Waals surface area contributed by atoms with Crippen LogP contribution in [0.4, 0.5) is 0 Å². The Hall–Kier alpha value is -2.93. The Bertz CT molecular complexity index is 1020. The molecule has 1 fully saturated rings. The first-order chi connectivity index (χ1) is 13.7. The molecule has 1 aliphatic rings. The van der Waals surface area contributed by atoms with Gasteiger partial charge in [-0.1, -0.05) is 24.3 Å². The molecule has 2 aromatic rings. The number of hydrogen-bond donors (Lipinski definition) is 2. The first-order valence-corrected chi connectivity index (χ1v) is 11.3. The summed E-state index contributed by atoms with van der Waals surface area (Å²) in [5.41, 5.74) is 2.23. The summed E-state index contributed by atoms with van der Waals surface area (Å²) in [5.74, 6) is -0.336. The van der Waals surface area contributed by atoms with Gasteiger partial charge < -0.3 is 10.6 Å². The topological polar surface area (TPSA) is 92.3 Å². The normalized spacial score (nSPS) is 15.1. The highest BCUT2D eigenvalue weighted by molar-refractivity contribution is 7.90. The fourth-order valence-corrected chi connectivity index (χ4v) is 3.39. The zero-order chi connectivity index (χ0) is 21.0. The predicted octanol–water partition coefficient (Wildman–Crippen LogP) is 2.87. The van der Waals surface area contributed by atoms with E-state index >= 15 is 0 Å². The van der Waals surface area contributed by atoms with Gasteiger partial charge in [0.05, 0.1) is 10.9 Å². The van der Waals surface area contributed by atoms with Crippen molar-refractivity contribution < 1.29 is 18.0 Å². The number of benzene rings is 2. The van der Waals surface area contributed by atoms with Crippen LogP contribution < -0.4 is 10.6 Å². The van der Waals surface area contributed by atoms with E-state index in [9.17, 15) is 18.0 Å². The minimum atomic E-state index is -3.24. The maximum atomic E-state index is 12.2. The van der Waals surface area contributed by atoms with Crippen molar-refractivity contribution in [3.8, 4) is 0 Å². The molecule has 6 nitrogen and oxygen atoms in total. The van der Waals surface area contributed by atoms with Crippen molar-refractivity contribution in [2.24, 2.45) is 0 Å². The molecule has 0 heterocycles. The highest BCUT2D eigenvalue weighted by Gasteiger charge is 2.23. The van der Waals surface area contributed by atoms with E-state index in [-0.39, 0.29) is 22.8 Å². The molecule has 0 spiro atoms. The number of hydrogen-bond acceptors (Lipinski definition) is 4. The van der Waals surface area contributed by atoms with Crippen molar-refractivity contribution in [3.63, 3.8) is 0 Å². The van der Waals surface area contributed by atoms with Gasteiger partial charge in [0.2, 0.25) is 5.91 Å². The molecule has 0 saturated heterocycles. The van der Waals surface area contributed by atoms with Crippen LogP contribution in [0, 0.1) is 0 Å². The Labute approximate surface area is 170 Å². The number of carbonyl (C=O) groups is 2. The van der Waals surface area contributed by atoms with E-state index < -0.39 is 9.84 Å². The lowest BCUT2D eigenvalue weighted by Gasteiger charge is -2.13. The molecular formula is C22H24N2O4S. The van der Waals surface area contributed by atoms with Gasteiger partial charge in [-0.05, 0) is 61.2 Å². The van der Waals surface area contributed by atoms with Crippen molar-refractivity contribution in [1.29, 1.82) is 0 Å². The zero-order valence-corrected chi connectivity index (χ0v) is 17.2. The highest BCUT2D eigenvalue weighted by Crippen LogP contribution is 2.19. The molecule has 1 saturated carbocycles. The van der Waals surface area contributed by atoms with Gasteiger partial charge in [-0.15, -0.1) is 0 Å². The van der Waals surface area contributed by atoms with Gasteiger partial charge in [-0.2, -0.15) is 0 Å². The summed E-state index contributed by atoms with van der Waals surface area (Å²) < 4.78 is 23.0. The molecule has 1 unspecified atom stereocenters. The van der Waals surface area contributed by atoms with Crippen molar-refractivity contribution in [1.82, 2.24) is 10.6 Å². The van der Waals surface area contributed by atoms with Crippen LogP contribution in [0.3, 0.4) is 0 Å². The summed E-state index contributed by atoms with van der Waals surface area (Å²) in [6.07, 6.45) is 6.35. The van der Waals surface area contributed by atoms with Crippen LogP contribution in [0.1, 0.15) is 47.3 Å². The number of sulfone groups is 1. The first kappa shape index (κ1) is 20.8. The van der Waals surface area contributed by atoms with E-state index in [1.54, 1.807) is 42.5 Å². The van der Waals surface area contributed by atoms with Gasteiger partial charge in [0.25, 0.3) is 5.91 Å². The Morgan fingerprint density at radius 1 is 1.03 bits per heavy atom. The van der Waals surface area contributed by atoms with Crippen LogP contribution in [-0.4, -0.2) is 32.5 Å². The molecular weight excluding hydrogens is 388 g/mol. The van der Waals surface area contributed by atoms with Gasteiger partial charge in [0.15, 0.2) is 9.84 Å². The average Bonchev–Trinajstić information content (AvgIpc) is 3.50. The van der Waals surface area contributed by atoms with E-state index in [2.05, 4.69) is 10.6 Å². The molecule has 152 valence electrons. The zero-order valence-electron chi connectivity index (χ0n) is 16.4. The average molecular weight is 413 g/mol. The predicted molar refractivity (Wildman–Crippen MR) is 112 cm³/mol. The molecule has 2 N–H and O–H groups in total. The lowest BCUT2D eigenvalue weighted by atomic mass is 10.1. The van der Waals surface area contributed by atoms with Crippen LogP contribution in [-0.2, 0) is 14.6 Å². The summed E-state index contributed by atoms with van der Waals surface area (Å²) in [7, 11) is -3.24. The molecule has 0 aromatic heterocycles. The monoisotopic (exact) mass is 412 g/mol. The standard InChI is InChI=1S/C22H24N2O4S/c1-15(17-8-12-20(13-9-17)29(2,27)28)23-21(25)14-5-16-3-6-18(7-4-16)22(26)24-19-10-11-19/h3-9,12-15,19H,10-11H2,1-2H3,(H,23,25)(H,24,26)/b14-5+. The van der Waals surface area contributed by atoms with Crippen LogP contribution in [0.25, 0.3) is 6.08 Å². The third-order valence-corrected chi connectivity index (χ3v) is 5.81. The summed E-state index contributed by atoms with van der Waals surface area (Å²) >= 11 is 0. The molecule has 2 aromatic carbocycles. The van der Waals surface area contributed by atoms with Crippen LogP contribution in [0.15, 0.2) is 59.5 Å². The molecule has 3 rings (SSSR count). The fraction of sp³-hybridized carbons (Fsp3) is 0.273. The van der Waals surface area contributed by atoms with Crippen molar-refractivity contribution in [2.45, 2.75) is 36.7 Å². The second kappa shape index (κ2) is 8.61. The van der Waals surface area contributed by atoms with Crippen LogP contribution in [0.5, 0.6) is 0 Å². The third-order valence-electron chi connectivity index (χ3n) is 4.68. The number of nitrogens with one attached hydrogen (secondary N) is 2. The quantitative estimate of drug-likeness (QED) is 0.684.